The molecule has 3 heterocycles. The monoisotopic (exact) mass is 369 g/mol. The third-order valence-electron chi connectivity index (χ3n) is 3.80. The Morgan fingerprint density at radius 1 is 1.38 bits per heavy atom. The van der Waals surface area contributed by atoms with Crippen LogP contribution in [0.5, 0.6) is 0 Å². The SMILES string of the molecule is Cc1ccc(C=NNC(=O)Cn2nc3n(c2=O)-c2ccccc2SC3)o1. The van der Waals surface area contributed by atoms with Gasteiger partial charge in [-0.25, -0.2) is 19.5 Å². The number of amides is 1. The number of benzene rings is 1. The van der Waals surface area contributed by atoms with Gasteiger partial charge in [0.15, 0.2) is 0 Å². The van der Waals surface area contributed by atoms with Crippen molar-refractivity contribution in [3.8, 4) is 5.69 Å². The highest BCUT2D eigenvalue weighted by atomic mass is 32.2. The number of fused-ring (bicyclic) bond motifs is 3. The first-order valence-electron chi connectivity index (χ1n) is 7.91. The summed E-state index contributed by atoms with van der Waals surface area (Å²) >= 11 is 1.62. The lowest BCUT2D eigenvalue weighted by Gasteiger charge is -2.15. The number of carbonyl (C=O) groups is 1. The van der Waals surface area contributed by atoms with Crippen molar-refractivity contribution in [1.29, 1.82) is 0 Å². The van der Waals surface area contributed by atoms with E-state index in [-0.39, 0.29) is 12.2 Å². The molecule has 0 atom stereocenters. The molecule has 1 aromatic carbocycles. The molecule has 132 valence electrons. The van der Waals surface area contributed by atoms with E-state index >= 15 is 0 Å². The molecular formula is C17H15N5O3S. The van der Waals surface area contributed by atoms with Crippen molar-refractivity contribution >= 4 is 23.9 Å². The van der Waals surface area contributed by atoms with E-state index in [4.69, 9.17) is 4.42 Å². The molecule has 8 nitrogen and oxygen atoms in total. The molecule has 1 amide bonds. The molecule has 3 aromatic rings. The first-order valence-corrected chi connectivity index (χ1v) is 8.89. The maximum Gasteiger partial charge on any atom is 0.351 e. The first-order chi connectivity index (χ1) is 12.6. The zero-order valence-corrected chi connectivity index (χ0v) is 14.7. The van der Waals surface area contributed by atoms with Crippen LogP contribution in [-0.4, -0.2) is 26.5 Å². The summed E-state index contributed by atoms with van der Waals surface area (Å²) in [6.07, 6.45) is 1.40. The zero-order chi connectivity index (χ0) is 18.1. The van der Waals surface area contributed by atoms with Crippen molar-refractivity contribution in [1.82, 2.24) is 19.8 Å². The number of rotatable bonds is 4. The lowest BCUT2D eigenvalue weighted by Crippen LogP contribution is -2.31. The van der Waals surface area contributed by atoms with Gasteiger partial charge >= 0.3 is 5.69 Å². The van der Waals surface area contributed by atoms with Crippen LogP contribution in [0.2, 0.25) is 0 Å². The molecular weight excluding hydrogens is 354 g/mol. The Balaban J connectivity index is 1.50. The fraction of sp³-hybridized carbons (Fsp3) is 0.176. The molecule has 0 unspecified atom stereocenters. The van der Waals surface area contributed by atoms with Gasteiger partial charge in [-0.3, -0.25) is 4.79 Å². The molecule has 2 aromatic heterocycles. The topological polar surface area (TPSA) is 94.4 Å². The Hall–Kier alpha value is -3.07. The number of nitrogens with zero attached hydrogens (tertiary/aromatic N) is 4. The highest BCUT2D eigenvalue weighted by Crippen LogP contribution is 2.32. The molecule has 1 aliphatic rings. The largest absolute Gasteiger partial charge is 0.460 e. The van der Waals surface area contributed by atoms with Crippen molar-refractivity contribution in [2.45, 2.75) is 24.1 Å². The van der Waals surface area contributed by atoms with Crippen LogP contribution in [0.25, 0.3) is 5.69 Å². The molecule has 0 saturated carbocycles. The summed E-state index contributed by atoms with van der Waals surface area (Å²) in [5.41, 5.74) is 2.83. The van der Waals surface area contributed by atoms with Crippen LogP contribution in [0.1, 0.15) is 17.3 Å². The van der Waals surface area contributed by atoms with Crippen molar-refractivity contribution < 1.29 is 9.21 Å². The average molecular weight is 369 g/mol. The van der Waals surface area contributed by atoms with Crippen LogP contribution in [0.4, 0.5) is 0 Å². The highest BCUT2D eigenvalue weighted by Gasteiger charge is 2.22. The number of nitrogens with one attached hydrogen (secondary N) is 1. The van der Waals surface area contributed by atoms with Gasteiger partial charge in [-0.1, -0.05) is 12.1 Å². The summed E-state index contributed by atoms with van der Waals surface area (Å²) in [5, 5.41) is 8.10. The molecule has 0 aliphatic carbocycles. The second-order valence-corrected chi connectivity index (χ2v) is 6.71. The number of carbonyl (C=O) groups excluding carboxylic acids is 1. The second-order valence-electron chi connectivity index (χ2n) is 5.69. The number of thioether (sulfide) groups is 1. The summed E-state index contributed by atoms with van der Waals surface area (Å²) in [7, 11) is 0. The van der Waals surface area contributed by atoms with Gasteiger partial charge in [0, 0.05) is 4.90 Å². The summed E-state index contributed by atoms with van der Waals surface area (Å²) in [5.74, 6) is 2.05. The van der Waals surface area contributed by atoms with Gasteiger partial charge in [0.1, 0.15) is 23.9 Å². The third kappa shape index (κ3) is 3.08. The summed E-state index contributed by atoms with van der Waals surface area (Å²) < 4.78 is 8.02. The van der Waals surface area contributed by atoms with Crippen molar-refractivity contribution in [3.05, 3.63) is 64.2 Å². The fourth-order valence-corrected chi connectivity index (χ4v) is 3.61. The number of hydrazone groups is 1. The van der Waals surface area contributed by atoms with E-state index in [9.17, 15) is 9.59 Å². The molecule has 0 saturated heterocycles. The molecule has 0 radical (unpaired) electrons. The van der Waals surface area contributed by atoms with E-state index in [1.807, 2.05) is 31.2 Å². The molecule has 0 spiro atoms. The molecule has 0 fully saturated rings. The minimum atomic E-state index is -0.442. The number of para-hydroxylation sites is 1. The minimum absolute atomic E-state index is 0.208. The van der Waals surface area contributed by atoms with Gasteiger partial charge in [-0.05, 0) is 31.2 Å². The number of aromatic nitrogens is 3. The standard InChI is InChI=1S/C17H15N5O3S/c1-11-6-7-12(25-11)8-18-19-16(23)9-21-17(24)22-13-4-2-3-5-14(13)26-10-15(22)20-21/h2-8H,9-10H2,1H3,(H,19,23). The molecule has 9 heteroatoms. The fourth-order valence-electron chi connectivity index (χ4n) is 2.66. The Bertz CT molecular complexity index is 1060. The third-order valence-corrected chi connectivity index (χ3v) is 4.86. The normalized spacial score (nSPS) is 12.8. The Morgan fingerprint density at radius 2 is 2.23 bits per heavy atom. The van der Waals surface area contributed by atoms with Crippen LogP contribution in [0, 0.1) is 6.92 Å². The quantitative estimate of drug-likeness (QED) is 0.558. The molecule has 1 N–H and O–H groups in total. The number of furan rings is 1. The van der Waals surface area contributed by atoms with Gasteiger partial charge in [0.25, 0.3) is 5.91 Å². The predicted molar refractivity (Wildman–Crippen MR) is 96.6 cm³/mol. The molecule has 4 rings (SSSR count). The summed E-state index contributed by atoms with van der Waals surface area (Å²) in [6.45, 7) is 1.61. The van der Waals surface area contributed by atoms with Crippen LogP contribution < -0.4 is 11.1 Å². The lowest BCUT2D eigenvalue weighted by atomic mass is 10.3. The maximum absolute atomic E-state index is 12.6. The van der Waals surface area contributed by atoms with Crippen molar-refractivity contribution in [2.75, 3.05) is 0 Å². The maximum atomic E-state index is 12.6. The van der Waals surface area contributed by atoms with Gasteiger partial charge in [0.2, 0.25) is 0 Å². The van der Waals surface area contributed by atoms with E-state index in [1.54, 1.807) is 28.5 Å². The van der Waals surface area contributed by atoms with Gasteiger partial charge in [0.05, 0.1) is 17.7 Å². The van der Waals surface area contributed by atoms with Gasteiger partial charge < -0.3 is 4.42 Å². The number of hydrogen-bond donors (Lipinski definition) is 1. The van der Waals surface area contributed by atoms with Crippen LogP contribution in [0.3, 0.4) is 0 Å². The van der Waals surface area contributed by atoms with E-state index in [0.717, 1.165) is 21.0 Å². The Labute approximate surface area is 152 Å². The molecule has 26 heavy (non-hydrogen) atoms. The molecule has 0 bridgehead atoms. The zero-order valence-electron chi connectivity index (χ0n) is 13.9. The Kier molecular flexibility index (Phi) is 4.21. The van der Waals surface area contributed by atoms with E-state index < -0.39 is 5.91 Å². The average Bonchev–Trinajstić information content (AvgIpc) is 3.18. The van der Waals surface area contributed by atoms with Gasteiger partial charge in [-0.2, -0.15) is 10.2 Å². The predicted octanol–water partition coefficient (Wildman–Crippen LogP) is 1.69. The van der Waals surface area contributed by atoms with Gasteiger partial charge in [-0.15, -0.1) is 11.8 Å². The summed E-state index contributed by atoms with van der Waals surface area (Å²) in [6, 6.07) is 11.2. The van der Waals surface area contributed by atoms with Crippen LogP contribution in [-0.2, 0) is 17.1 Å². The second kappa shape index (κ2) is 6.68. The number of hydrogen-bond acceptors (Lipinski definition) is 6. The van der Waals surface area contributed by atoms with E-state index in [1.165, 1.54) is 6.21 Å². The van der Waals surface area contributed by atoms with E-state index in [2.05, 4.69) is 15.6 Å². The first kappa shape index (κ1) is 16.4. The minimum Gasteiger partial charge on any atom is -0.460 e. The van der Waals surface area contributed by atoms with Crippen molar-refractivity contribution in [3.63, 3.8) is 0 Å². The summed E-state index contributed by atoms with van der Waals surface area (Å²) in [4.78, 5) is 25.7. The van der Waals surface area contributed by atoms with Crippen molar-refractivity contribution in [2.24, 2.45) is 5.10 Å². The lowest BCUT2D eigenvalue weighted by molar-refractivity contribution is -0.121. The Morgan fingerprint density at radius 3 is 3.04 bits per heavy atom. The smallest absolute Gasteiger partial charge is 0.351 e. The van der Waals surface area contributed by atoms with Crippen LogP contribution >= 0.6 is 11.8 Å². The van der Waals surface area contributed by atoms with E-state index in [0.29, 0.717) is 17.3 Å². The number of aryl methyl sites for hydroxylation is 1. The molecule has 1 aliphatic heterocycles. The highest BCUT2D eigenvalue weighted by molar-refractivity contribution is 7.98. The van der Waals surface area contributed by atoms with Crippen LogP contribution in [0.15, 0.2) is 55.6 Å².